The third-order valence-electron chi connectivity index (χ3n) is 4.07. The minimum absolute atomic E-state index is 0.239. The molecule has 0 aliphatic carbocycles. The topological polar surface area (TPSA) is 52.8 Å². The lowest BCUT2D eigenvalue weighted by Crippen LogP contribution is -2.55. The number of aliphatic hydroxyl groups is 1. The van der Waals surface area contributed by atoms with Crippen molar-refractivity contribution in [2.45, 2.75) is 45.8 Å². The molecule has 0 aliphatic heterocycles. The third kappa shape index (κ3) is 4.05. The predicted octanol–water partition coefficient (Wildman–Crippen LogP) is 2.76. The summed E-state index contributed by atoms with van der Waals surface area (Å²) in [5.41, 5.74) is 0.109. The number of nitrogens with one attached hydrogen (secondary N) is 1. The minimum atomic E-state index is -0.830. The summed E-state index contributed by atoms with van der Waals surface area (Å²) >= 11 is 5.91. The van der Waals surface area contributed by atoms with Crippen molar-refractivity contribution in [2.75, 3.05) is 0 Å². The van der Waals surface area contributed by atoms with E-state index in [0.717, 1.165) is 11.4 Å². The zero-order valence-electron chi connectivity index (χ0n) is 12.8. The van der Waals surface area contributed by atoms with Crippen LogP contribution in [0.4, 0.5) is 0 Å². The molecule has 4 nitrogen and oxygen atoms in total. The maximum atomic E-state index is 11.1. The first-order valence-corrected chi connectivity index (χ1v) is 7.53. The van der Waals surface area contributed by atoms with Crippen molar-refractivity contribution in [3.8, 4) is 0 Å². The van der Waals surface area contributed by atoms with Crippen molar-refractivity contribution in [3.63, 3.8) is 0 Å². The van der Waals surface area contributed by atoms with Crippen LogP contribution in [0.15, 0.2) is 36.9 Å². The molecule has 0 amide bonds. The van der Waals surface area contributed by atoms with E-state index >= 15 is 0 Å². The zero-order chi connectivity index (χ0) is 15.5. The lowest BCUT2D eigenvalue weighted by Gasteiger charge is -2.38. The first kappa shape index (κ1) is 16.0. The summed E-state index contributed by atoms with van der Waals surface area (Å²) in [4.78, 5) is 4.00. The van der Waals surface area contributed by atoms with Crippen LogP contribution in [0.1, 0.15) is 32.8 Å². The third-order valence-corrected chi connectivity index (χ3v) is 4.32. The summed E-state index contributed by atoms with van der Waals surface area (Å²) in [5, 5.41) is 14.9. The average molecular weight is 309 g/mol. The van der Waals surface area contributed by atoms with E-state index in [1.807, 2.05) is 28.9 Å². The first-order chi connectivity index (χ1) is 9.80. The van der Waals surface area contributed by atoms with Gasteiger partial charge in [-0.3, -0.25) is 0 Å². The molecular formula is C16H23ClN3O+. The fourth-order valence-electron chi connectivity index (χ4n) is 2.32. The van der Waals surface area contributed by atoms with Gasteiger partial charge >= 0.3 is 6.33 Å². The molecule has 2 N–H and O–H groups in total. The van der Waals surface area contributed by atoms with Gasteiger partial charge in [-0.25, -0.2) is 0 Å². The number of aromatic amines is 1. The normalized spacial score (nSPS) is 14.9. The Morgan fingerprint density at radius 1 is 1.24 bits per heavy atom. The quantitative estimate of drug-likeness (QED) is 0.835. The van der Waals surface area contributed by atoms with Gasteiger partial charge in [-0.05, 0) is 40.9 Å². The Kier molecular flexibility index (Phi) is 4.69. The Bertz CT molecular complexity index is 560. The summed E-state index contributed by atoms with van der Waals surface area (Å²) in [7, 11) is 0. The van der Waals surface area contributed by atoms with Gasteiger partial charge in [-0.15, -0.1) is 0 Å². The Morgan fingerprint density at radius 2 is 1.90 bits per heavy atom. The highest BCUT2D eigenvalue weighted by atomic mass is 35.5. The van der Waals surface area contributed by atoms with Gasteiger partial charge in [0, 0.05) is 5.02 Å². The van der Waals surface area contributed by atoms with Gasteiger partial charge in [-0.2, -0.15) is 9.78 Å². The lowest BCUT2D eigenvalue weighted by molar-refractivity contribution is -0.765. The van der Waals surface area contributed by atoms with Crippen LogP contribution in [0.2, 0.25) is 5.02 Å². The molecule has 1 atom stereocenters. The number of hydrogen-bond acceptors (Lipinski definition) is 2. The molecule has 0 spiro atoms. The number of benzene rings is 1. The smallest absolute Gasteiger partial charge is 0.306 e. The van der Waals surface area contributed by atoms with E-state index in [0.29, 0.717) is 13.0 Å². The Hall–Kier alpha value is -1.39. The molecule has 2 rings (SSSR count). The van der Waals surface area contributed by atoms with Crippen molar-refractivity contribution in [2.24, 2.45) is 5.41 Å². The highest BCUT2D eigenvalue weighted by Crippen LogP contribution is 2.34. The molecule has 1 unspecified atom stereocenters. The number of rotatable bonds is 5. The summed E-state index contributed by atoms with van der Waals surface area (Å²) in [6.07, 6.45) is 4.78. The van der Waals surface area contributed by atoms with E-state index < -0.39 is 5.60 Å². The maximum Gasteiger partial charge on any atom is 0.306 e. The van der Waals surface area contributed by atoms with Crippen molar-refractivity contribution in [3.05, 3.63) is 47.5 Å². The number of hydrogen-bond donors (Lipinski definition) is 2. The Labute approximate surface area is 130 Å². The monoisotopic (exact) mass is 308 g/mol. The van der Waals surface area contributed by atoms with E-state index in [2.05, 4.69) is 30.9 Å². The molecule has 0 saturated carbocycles. The molecule has 1 aromatic heterocycles. The van der Waals surface area contributed by atoms with Crippen molar-refractivity contribution in [1.82, 2.24) is 10.1 Å². The summed E-state index contributed by atoms with van der Waals surface area (Å²) in [5.74, 6) is 0. The van der Waals surface area contributed by atoms with E-state index in [-0.39, 0.29) is 5.41 Å². The fraction of sp³-hybridized carbons (Fsp3) is 0.500. The van der Waals surface area contributed by atoms with Crippen molar-refractivity contribution < 1.29 is 9.79 Å². The molecule has 1 heterocycles. The van der Waals surface area contributed by atoms with Crippen LogP contribution < -0.4 is 4.68 Å². The van der Waals surface area contributed by atoms with Crippen LogP contribution in [0.5, 0.6) is 0 Å². The largest absolute Gasteiger partial charge is 0.385 e. The van der Waals surface area contributed by atoms with E-state index in [9.17, 15) is 5.11 Å². The molecule has 0 saturated heterocycles. The molecule has 1 aromatic carbocycles. The van der Waals surface area contributed by atoms with Gasteiger partial charge < -0.3 is 5.11 Å². The average Bonchev–Trinajstić information content (AvgIpc) is 2.89. The zero-order valence-corrected chi connectivity index (χ0v) is 13.6. The van der Waals surface area contributed by atoms with Gasteiger partial charge in [0.05, 0.1) is 0 Å². The second-order valence-electron chi connectivity index (χ2n) is 6.56. The van der Waals surface area contributed by atoms with Crippen molar-refractivity contribution in [1.29, 1.82) is 0 Å². The van der Waals surface area contributed by atoms with Crippen molar-refractivity contribution >= 4 is 11.6 Å². The number of aryl methyl sites for hydroxylation is 1. The minimum Gasteiger partial charge on any atom is -0.385 e. The van der Waals surface area contributed by atoms with Crippen LogP contribution in [-0.2, 0) is 13.0 Å². The Balaban J connectivity index is 2.11. The second-order valence-corrected chi connectivity index (χ2v) is 7.00. The standard InChI is InChI=1S/C16H22ClN3O/c1-15(2,3)16(21,10-20-12-18-11-19-20)9-8-13-4-6-14(17)7-5-13/h4-7,11-12,21H,8-10H2,1-3H3/p+1. The van der Waals surface area contributed by atoms with Gasteiger partial charge in [0.2, 0.25) is 6.33 Å². The van der Waals surface area contributed by atoms with E-state index in [1.165, 1.54) is 5.56 Å². The van der Waals surface area contributed by atoms with E-state index in [4.69, 9.17) is 11.6 Å². The van der Waals surface area contributed by atoms with E-state index in [1.54, 1.807) is 12.7 Å². The number of aromatic nitrogens is 3. The maximum absolute atomic E-state index is 11.1. The van der Waals surface area contributed by atoms with Crippen LogP contribution in [0.3, 0.4) is 0 Å². The lowest BCUT2D eigenvalue weighted by atomic mass is 9.73. The number of nitrogens with zero attached hydrogens (tertiary/aromatic N) is 2. The van der Waals surface area contributed by atoms with Crippen LogP contribution >= 0.6 is 11.6 Å². The number of halogens is 1. The van der Waals surface area contributed by atoms with Crippen LogP contribution in [0.25, 0.3) is 0 Å². The predicted molar refractivity (Wildman–Crippen MR) is 83.0 cm³/mol. The van der Waals surface area contributed by atoms with Gasteiger partial charge in [0.1, 0.15) is 12.1 Å². The fourth-order valence-corrected chi connectivity index (χ4v) is 2.44. The highest BCUT2D eigenvalue weighted by molar-refractivity contribution is 6.30. The Morgan fingerprint density at radius 3 is 2.43 bits per heavy atom. The summed E-state index contributed by atoms with van der Waals surface area (Å²) < 4.78 is 1.81. The molecule has 0 bridgehead atoms. The molecule has 5 heteroatoms. The van der Waals surface area contributed by atoms with Gasteiger partial charge in [-0.1, -0.05) is 44.5 Å². The van der Waals surface area contributed by atoms with Crippen LogP contribution in [-0.4, -0.2) is 20.8 Å². The highest BCUT2D eigenvalue weighted by Gasteiger charge is 2.42. The molecule has 2 aromatic rings. The summed E-state index contributed by atoms with van der Waals surface area (Å²) in [6.45, 7) is 6.67. The number of H-pyrrole nitrogens is 1. The first-order valence-electron chi connectivity index (χ1n) is 7.15. The molecule has 114 valence electrons. The SMILES string of the molecule is CC(C)(C)C(O)(CCc1ccc(Cl)cc1)C[n+]1cnc[nH]1. The molecule has 0 fully saturated rings. The van der Waals surface area contributed by atoms with Gasteiger partial charge in [0.25, 0.3) is 0 Å². The molecule has 0 aliphatic rings. The molecule has 21 heavy (non-hydrogen) atoms. The summed E-state index contributed by atoms with van der Waals surface area (Å²) in [6, 6.07) is 7.79. The second kappa shape index (κ2) is 6.16. The molecular weight excluding hydrogens is 286 g/mol. The van der Waals surface area contributed by atoms with Crippen LogP contribution in [0, 0.1) is 5.41 Å². The van der Waals surface area contributed by atoms with Gasteiger partial charge in [0.15, 0.2) is 0 Å². The molecule has 0 radical (unpaired) electrons.